The van der Waals surface area contributed by atoms with Gasteiger partial charge < -0.3 is 14.5 Å². The molecule has 2 rings (SSSR count). The number of ether oxygens (including phenoxy) is 1. The van der Waals surface area contributed by atoms with Gasteiger partial charge >= 0.3 is 0 Å². The maximum absolute atomic E-state index is 12.5. The first-order valence-corrected chi connectivity index (χ1v) is 7.27. The van der Waals surface area contributed by atoms with Crippen molar-refractivity contribution in [3.63, 3.8) is 0 Å². The summed E-state index contributed by atoms with van der Waals surface area (Å²) in [4.78, 5) is 20.9. The van der Waals surface area contributed by atoms with E-state index in [-0.39, 0.29) is 5.91 Å². The Morgan fingerprint density at radius 2 is 2.20 bits per heavy atom. The van der Waals surface area contributed by atoms with E-state index in [4.69, 9.17) is 4.74 Å². The molecule has 0 bridgehead atoms. The molecule has 20 heavy (non-hydrogen) atoms. The highest BCUT2D eigenvalue weighted by Gasteiger charge is 2.21. The van der Waals surface area contributed by atoms with Crippen molar-refractivity contribution in [3.8, 4) is 0 Å². The van der Waals surface area contributed by atoms with Gasteiger partial charge in [0, 0.05) is 32.9 Å². The molecule has 1 aliphatic rings. The largest absolute Gasteiger partial charge is 0.378 e. The van der Waals surface area contributed by atoms with Gasteiger partial charge in [-0.3, -0.25) is 4.79 Å². The molecular formula is C15H23N3O2. The zero-order valence-electron chi connectivity index (χ0n) is 12.3. The molecule has 5 nitrogen and oxygen atoms in total. The summed E-state index contributed by atoms with van der Waals surface area (Å²) in [5.74, 6) is 0.831. The Kier molecular flexibility index (Phi) is 5.35. The molecular weight excluding hydrogens is 254 g/mol. The van der Waals surface area contributed by atoms with Crippen molar-refractivity contribution in [3.05, 3.63) is 23.9 Å². The summed E-state index contributed by atoms with van der Waals surface area (Å²) in [5.41, 5.74) is 0.688. The third-order valence-electron chi connectivity index (χ3n) is 3.52. The van der Waals surface area contributed by atoms with Crippen LogP contribution in [0, 0.1) is 0 Å². The number of anilines is 1. The molecule has 1 aliphatic heterocycles. The van der Waals surface area contributed by atoms with E-state index < -0.39 is 0 Å². The predicted molar refractivity (Wildman–Crippen MR) is 79.1 cm³/mol. The lowest BCUT2D eigenvalue weighted by Gasteiger charge is -2.29. The zero-order valence-corrected chi connectivity index (χ0v) is 12.3. The minimum absolute atomic E-state index is 0.0491. The highest BCUT2D eigenvalue weighted by atomic mass is 16.5. The van der Waals surface area contributed by atoms with Crippen LogP contribution in [0.15, 0.2) is 18.3 Å². The molecule has 1 aromatic heterocycles. The van der Waals surface area contributed by atoms with Crippen molar-refractivity contribution in [2.24, 2.45) is 0 Å². The van der Waals surface area contributed by atoms with E-state index in [0.717, 1.165) is 38.3 Å². The average Bonchev–Trinajstić information content (AvgIpc) is 2.52. The quantitative estimate of drug-likeness (QED) is 0.823. The maximum Gasteiger partial charge on any atom is 0.257 e. The molecule has 0 aliphatic carbocycles. The first-order chi connectivity index (χ1) is 9.74. The van der Waals surface area contributed by atoms with Crippen molar-refractivity contribution in [2.45, 2.75) is 19.8 Å². The van der Waals surface area contributed by atoms with Crippen LogP contribution in [-0.4, -0.2) is 55.7 Å². The summed E-state index contributed by atoms with van der Waals surface area (Å²) >= 11 is 0. The van der Waals surface area contributed by atoms with Crippen LogP contribution in [0.1, 0.15) is 30.1 Å². The molecule has 5 heteroatoms. The van der Waals surface area contributed by atoms with Crippen LogP contribution in [0.4, 0.5) is 5.82 Å². The molecule has 1 saturated heterocycles. The van der Waals surface area contributed by atoms with Crippen LogP contribution in [0.25, 0.3) is 0 Å². The predicted octanol–water partition coefficient (Wildman–Crippen LogP) is 1.79. The van der Waals surface area contributed by atoms with Crippen LogP contribution >= 0.6 is 0 Å². The number of carbonyl (C=O) groups excluding carboxylic acids is 1. The molecule has 0 N–H and O–H groups in total. The number of hydrogen-bond donors (Lipinski definition) is 0. The van der Waals surface area contributed by atoms with E-state index in [1.165, 1.54) is 0 Å². The van der Waals surface area contributed by atoms with E-state index in [1.54, 1.807) is 11.1 Å². The normalized spacial score (nSPS) is 15.2. The number of morpholine rings is 1. The Balaban J connectivity index is 2.16. The van der Waals surface area contributed by atoms with Crippen LogP contribution in [0.5, 0.6) is 0 Å². The monoisotopic (exact) mass is 277 g/mol. The smallest absolute Gasteiger partial charge is 0.257 e. The third kappa shape index (κ3) is 3.48. The van der Waals surface area contributed by atoms with Crippen LogP contribution in [0.2, 0.25) is 0 Å². The minimum Gasteiger partial charge on any atom is -0.378 e. The standard InChI is InChI=1S/C15H23N3O2/c1-3-4-8-17(2)15(19)13-6-5-7-16-14(13)18-9-11-20-12-10-18/h5-7H,3-4,8-12H2,1-2H3. The van der Waals surface area contributed by atoms with Crippen LogP contribution < -0.4 is 4.90 Å². The molecule has 110 valence electrons. The summed E-state index contributed by atoms with van der Waals surface area (Å²) in [6.45, 7) is 5.87. The zero-order chi connectivity index (χ0) is 14.4. The fraction of sp³-hybridized carbons (Fsp3) is 0.600. The summed E-state index contributed by atoms with van der Waals surface area (Å²) in [6, 6.07) is 3.69. The molecule has 0 radical (unpaired) electrons. The van der Waals surface area contributed by atoms with Crippen molar-refractivity contribution < 1.29 is 9.53 Å². The SMILES string of the molecule is CCCCN(C)C(=O)c1cccnc1N1CCOCC1. The van der Waals surface area contributed by atoms with E-state index in [9.17, 15) is 4.79 Å². The molecule has 0 saturated carbocycles. The molecule has 0 spiro atoms. The molecule has 2 heterocycles. The molecule has 1 aromatic rings. The number of rotatable bonds is 5. The van der Waals surface area contributed by atoms with Gasteiger partial charge in [0.25, 0.3) is 5.91 Å². The number of aromatic nitrogens is 1. The van der Waals surface area contributed by atoms with Gasteiger partial charge in [-0.1, -0.05) is 13.3 Å². The second kappa shape index (κ2) is 7.24. The maximum atomic E-state index is 12.5. The van der Waals surface area contributed by atoms with Gasteiger partial charge in [-0.2, -0.15) is 0 Å². The molecule has 0 atom stereocenters. The molecule has 0 unspecified atom stereocenters. The Morgan fingerprint density at radius 3 is 2.90 bits per heavy atom. The van der Waals surface area contributed by atoms with Crippen molar-refractivity contribution >= 4 is 11.7 Å². The van der Waals surface area contributed by atoms with Gasteiger partial charge in [-0.25, -0.2) is 4.98 Å². The lowest BCUT2D eigenvalue weighted by molar-refractivity contribution is 0.0792. The summed E-state index contributed by atoms with van der Waals surface area (Å²) in [7, 11) is 1.86. The van der Waals surface area contributed by atoms with Gasteiger partial charge in [0.1, 0.15) is 5.82 Å². The number of carbonyl (C=O) groups is 1. The highest BCUT2D eigenvalue weighted by molar-refractivity contribution is 5.98. The fourth-order valence-corrected chi connectivity index (χ4v) is 2.29. The van der Waals surface area contributed by atoms with Crippen molar-refractivity contribution in [1.82, 2.24) is 9.88 Å². The fourth-order valence-electron chi connectivity index (χ4n) is 2.29. The van der Waals surface area contributed by atoms with Crippen LogP contribution in [-0.2, 0) is 4.74 Å². The van der Waals surface area contributed by atoms with E-state index in [2.05, 4.69) is 16.8 Å². The number of unbranched alkanes of at least 4 members (excludes halogenated alkanes) is 1. The van der Waals surface area contributed by atoms with Crippen molar-refractivity contribution in [1.29, 1.82) is 0 Å². The second-order valence-corrected chi connectivity index (χ2v) is 5.05. The topological polar surface area (TPSA) is 45.7 Å². The lowest BCUT2D eigenvalue weighted by Crippen LogP contribution is -2.38. The first-order valence-electron chi connectivity index (χ1n) is 7.27. The number of nitrogens with zero attached hydrogens (tertiary/aromatic N) is 3. The number of amides is 1. The van der Waals surface area contributed by atoms with Gasteiger partial charge in [0.15, 0.2) is 0 Å². The number of pyridine rings is 1. The third-order valence-corrected chi connectivity index (χ3v) is 3.52. The Bertz CT molecular complexity index is 444. The first kappa shape index (κ1) is 14.8. The highest BCUT2D eigenvalue weighted by Crippen LogP contribution is 2.20. The van der Waals surface area contributed by atoms with Crippen molar-refractivity contribution in [2.75, 3.05) is 44.8 Å². The van der Waals surface area contributed by atoms with E-state index in [1.807, 2.05) is 19.2 Å². The Labute approximate surface area is 120 Å². The summed E-state index contributed by atoms with van der Waals surface area (Å²) < 4.78 is 5.36. The number of hydrogen-bond acceptors (Lipinski definition) is 4. The Morgan fingerprint density at radius 1 is 1.45 bits per heavy atom. The second-order valence-electron chi connectivity index (χ2n) is 5.05. The van der Waals surface area contributed by atoms with Gasteiger partial charge in [0.2, 0.25) is 0 Å². The van der Waals surface area contributed by atoms with E-state index in [0.29, 0.717) is 18.8 Å². The minimum atomic E-state index is 0.0491. The lowest BCUT2D eigenvalue weighted by atomic mass is 10.2. The Hall–Kier alpha value is -1.62. The summed E-state index contributed by atoms with van der Waals surface area (Å²) in [6.07, 6.45) is 3.85. The molecule has 1 fully saturated rings. The molecule has 1 amide bonds. The van der Waals surface area contributed by atoms with Gasteiger partial charge in [-0.05, 0) is 18.6 Å². The van der Waals surface area contributed by atoms with E-state index >= 15 is 0 Å². The van der Waals surface area contributed by atoms with Crippen LogP contribution in [0.3, 0.4) is 0 Å². The average molecular weight is 277 g/mol. The molecule has 0 aromatic carbocycles. The van der Waals surface area contributed by atoms with Gasteiger partial charge in [0.05, 0.1) is 18.8 Å². The van der Waals surface area contributed by atoms with Gasteiger partial charge in [-0.15, -0.1) is 0 Å². The summed E-state index contributed by atoms with van der Waals surface area (Å²) in [5, 5.41) is 0.